The lowest BCUT2D eigenvalue weighted by molar-refractivity contribution is 0.594. The van der Waals surface area contributed by atoms with Crippen molar-refractivity contribution in [3.8, 4) is 0 Å². The van der Waals surface area contributed by atoms with Crippen molar-refractivity contribution in [1.82, 2.24) is 0 Å². The van der Waals surface area contributed by atoms with Crippen LogP contribution in [-0.4, -0.2) is 13.8 Å². The van der Waals surface area contributed by atoms with Crippen molar-refractivity contribution in [2.24, 2.45) is 0 Å². The van der Waals surface area contributed by atoms with Crippen molar-refractivity contribution in [3.05, 3.63) is 36.4 Å². The summed E-state index contributed by atoms with van der Waals surface area (Å²) in [4.78, 5) is 9.31. The van der Waals surface area contributed by atoms with Gasteiger partial charge in [-0.2, -0.15) is 0 Å². The predicted octanol–water partition coefficient (Wildman–Crippen LogP) is 1.15. The van der Waals surface area contributed by atoms with Crippen molar-refractivity contribution in [1.29, 1.82) is 0 Å². The summed E-state index contributed by atoms with van der Waals surface area (Å²) in [5.74, 6) is 0. The molecule has 0 heterocycles. The van der Waals surface area contributed by atoms with Crippen LogP contribution < -0.4 is 5.19 Å². The summed E-state index contributed by atoms with van der Waals surface area (Å²) in [6.45, 7) is 5.52. The maximum atomic E-state index is 9.31. The third-order valence-corrected chi connectivity index (χ3v) is 2.69. The second-order valence-electron chi connectivity index (χ2n) is 2.41. The van der Waals surface area contributed by atoms with Crippen LogP contribution >= 0.6 is 0 Å². The highest BCUT2D eigenvalue weighted by Gasteiger charge is 2.02. The average Bonchev–Trinajstić information content (AvgIpc) is 2.05. The quantitative estimate of drug-likeness (QED) is 0.648. The summed E-state index contributed by atoms with van der Waals surface area (Å²) in [6, 6.07) is 7.83. The Hall–Kier alpha value is -0.863. The van der Waals surface area contributed by atoms with Crippen LogP contribution in [0.15, 0.2) is 30.8 Å². The molecule has 1 rings (SSSR count). The van der Waals surface area contributed by atoms with E-state index in [9.17, 15) is 4.80 Å². The molecule has 1 aromatic carbocycles. The van der Waals surface area contributed by atoms with Gasteiger partial charge in [-0.1, -0.05) is 36.9 Å². The van der Waals surface area contributed by atoms with Gasteiger partial charge < -0.3 is 4.80 Å². The number of hydrogen-bond acceptors (Lipinski definition) is 1. The molecule has 0 aliphatic rings. The maximum absolute atomic E-state index is 9.31. The number of rotatable bonds is 2. The van der Waals surface area contributed by atoms with Crippen molar-refractivity contribution in [3.63, 3.8) is 0 Å². The Labute approximate surface area is 68.7 Å². The molecule has 0 saturated heterocycles. The fourth-order valence-corrected chi connectivity index (χ4v) is 1.60. The normalized spacial score (nSPS) is 10.1. The van der Waals surface area contributed by atoms with Crippen LogP contribution in [0.3, 0.4) is 0 Å². The van der Waals surface area contributed by atoms with Crippen LogP contribution in [0.4, 0.5) is 0 Å². The van der Waals surface area contributed by atoms with Gasteiger partial charge >= 0.3 is 0 Å². The van der Waals surface area contributed by atoms with Crippen molar-refractivity contribution in [2.45, 2.75) is 6.55 Å². The highest BCUT2D eigenvalue weighted by atomic mass is 28.3. The molecule has 57 valence electrons. The van der Waals surface area contributed by atoms with E-state index in [1.165, 1.54) is 0 Å². The molecule has 11 heavy (non-hydrogen) atoms. The van der Waals surface area contributed by atoms with Gasteiger partial charge in [0.1, 0.15) is 0 Å². The molecular weight excluding hydrogens is 152 g/mol. The van der Waals surface area contributed by atoms with Crippen molar-refractivity contribution < 1.29 is 4.80 Å². The van der Waals surface area contributed by atoms with E-state index in [0.29, 0.717) is 0 Å². The van der Waals surface area contributed by atoms with E-state index in [0.717, 1.165) is 10.8 Å². The molecule has 0 unspecified atom stereocenters. The molecule has 1 radical (unpaired) electrons. The Bertz CT molecular complexity index is 255. The summed E-state index contributed by atoms with van der Waals surface area (Å²) >= 11 is 0. The Balaban J connectivity index is 3.00. The van der Waals surface area contributed by atoms with Crippen LogP contribution in [0.25, 0.3) is 6.08 Å². The first kappa shape index (κ1) is 8.24. The Morgan fingerprint density at radius 1 is 1.55 bits per heavy atom. The van der Waals surface area contributed by atoms with Gasteiger partial charge in [0.15, 0.2) is 0 Å². The highest BCUT2D eigenvalue weighted by molar-refractivity contribution is 6.64. The fraction of sp³-hybridized carbons (Fsp3) is 0.111. The molecule has 1 nitrogen and oxygen atoms in total. The molecule has 0 aliphatic carbocycles. The first-order valence-corrected chi connectivity index (χ1v) is 5.44. The molecule has 2 heteroatoms. The van der Waals surface area contributed by atoms with Crippen LogP contribution in [0.5, 0.6) is 0 Å². The fourth-order valence-electron chi connectivity index (χ4n) is 0.891. The van der Waals surface area contributed by atoms with Crippen molar-refractivity contribution >= 4 is 20.3 Å². The van der Waals surface area contributed by atoms with E-state index in [4.69, 9.17) is 0 Å². The third kappa shape index (κ3) is 2.03. The van der Waals surface area contributed by atoms with E-state index in [1.54, 1.807) is 6.08 Å². The minimum atomic E-state index is -1.29. The molecule has 0 amide bonds. The first-order valence-electron chi connectivity index (χ1n) is 3.49. The molecule has 1 N–H and O–H groups in total. The summed E-state index contributed by atoms with van der Waals surface area (Å²) in [7, 11) is -1.29. The minimum absolute atomic E-state index is 1.03. The van der Waals surface area contributed by atoms with Gasteiger partial charge in [0.05, 0.1) is 0 Å². The van der Waals surface area contributed by atoms with Gasteiger partial charge in [-0.15, -0.1) is 0 Å². The minimum Gasteiger partial charge on any atom is -0.427 e. The van der Waals surface area contributed by atoms with E-state index in [-0.39, 0.29) is 0 Å². The molecular formula is C9H11OSi. The lowest BCUT2D eigenvalue weighted by atomic mass is 10.2. The monoisotopic (exact) mass is 163 g/mol. The van der Waals surface area contributed by atoms with Crippen LogP contribution in [0.2, 0.25) is 6.55 Å². The zero-order valence-electron chi connectivity index (χ0n) is 6.54. The zero-order valence-corrected chi connectivity index (χ0v) is 7.54. The topological polar surface area (TPSA) is 20.2 Å². The molecule has 0 saturated carbocycles. The zero-order chi connectivity index (χ0) is 8.27. The number of hydrogen-bond donors (Lipinski definition) is 1. The second kappa shape index (κ2) is 3.51. The molecule has 0 aromatic heterocycles. The Morgan fingerprint density at radius 2 is 2.27 bits per heavy atom. The van der Waals surface area contributed by atoms with E-state index < -0.39 is 9.04 Å². The number of benzene rings is 1. The summed E-state index contributed by atoms with van der Waals surface area (Å²) in [6.07, 6.45) is 1.79. The molecule has 0 fully saturated rings. The molecule has 0 atom stereocenters. The standard InChI is InChI=1S/C9H11OSi/c1-3-8-5-4-6-9(7-8)11(2)10/h3-7,10H,1H2,2H3. The lowest BCUT2D eigenvalue weighted by Crippen LogP contribution is -2.25. The summed E-state index contributed by atoms with van der Waals surface area (Å²) in [5, 5.41) is 1.03. The van der Waals surface area contributed by atoms with Crippen LogP contribution in [0, 0.1) is 0 Å². The van der Waals surface area contributed by atoms with Gasteiger partial charge in [0, 0.05) is 0 Å². The predicted molar refractivity (Wildman–Crippen MR) is 50.0 cm³/mol. The SMILES string of the molecule is C=Cc1cccc([Si](C)O)c1. The van der Waals surface area contributed by atoms with E-state index in [1.807, 2.05) is 30.8 Å². The largest absolute Gasteiger partial charge is 0.427 e. The first-order chi connectivity index (χ1) is 5.24. The van der Waals surface area contributed by atoms with E-state index >= 15 is 0 Å². The van der Waals surface area contributed by atoms with Crippen LogP contribution in [0.1, 0.15) is 5.56 Å². The lowest BCUT2D eigenvalue weighted by Gasteiger charge is -2.01. The smallest absolute Gasteiger partial charge is 0.239 e. The average molecular weight is 163 g/mol. The van der Waals surface area contributed by atoms with Crippen molar-refractivity contribution in [2.75, 3.05) is 0 Å². The van der Waals surface area contributed by atoms with Gasteiger partial charge in [-0.3, -0.25) is 0 Å². The Kier molecular flexibility index (Phi) is 2.62. The summed E-state index contributed by atoms with van der Waals surface area (Å²) < 4.78 is 0. The van der Waals surface area contributed by atoms with Gasteiger partial charge in [0.2, 0.25) is 9.04 Å². The third-order valence-electron chi connectivity index (χ3n) is 1.54. The van der Waals surface area contributed by atoms with Gasteiger partial charge in [0.25, 0.3) is 0 Å². The second-order valence-corrected chi connectivity index (χ2v) is 4.16. The van der Waals surface area contributed by atoms with Gasteiger partial charge in [-0.25, -0.2) is 0 Å². The maximum Gasteiger partial charge on any atom is 0.239 e. The molecule has 0 bridgehead atoms. The molecule has 1 aromatic rings. The highest BCUT2D eigenvalue weighted by Crippen LogP contribution is 1.97. The molecule has 0 aliphatic heterocycles. The molecule has 0 spiro atoms. The van der Waals surface area contributed by atoms with Crippen LogP contribution in [-0.2, 0) is 0 Å². The van der Waals surface area contributed by atoms with Gasteiger partial charge in [-0.05, 0) is 17.3 Å². The Morgan fingerprint density at radius 3 is 2.82 bits per heavy atom. The van der Waals surface area contributed by atoms with E-state index in [2.05, 4.69) is 6.58 Å². The summed E-state index contributed by atoms with van der Waals surface area (Å²) in [5.41, 5.74) is 1.07.